The smallest absolute Gasteiger partial charge is 0.433 e. The number of carbonyl (C=O) groups is 1. The van der Waals surface area contributed by atoms with Gasteiger partial charge in [0, 0.05) is 0 Å². The maximum Gasteiger partial charge on any atom is 0.433 e. The number of aliphatic imine (C=N–C) groups is 1. The van der Waals surface area contributed by atoms with Crippen molar-refractivity contribution in [2.75, 3.05) is 6.54 Å². The van der Waals surface area contributed by atoms with Crippen molar-refractivity contribution >= 4 is 27.6 Å². The lowest BCUT2D eigenvalue weighted by atomic mass is 10.1. The molecule has 78 valence electrons. The van der Waals surface area contributed by atoms with Gasteiger partial charge >= 0.3 is 12.1 Å². The van der Waals surface area contributed by atoms with E-state index in [1.807, 2.05) is 0 Å². The van der Waals surface area contributed by atoms with E-state index in [9.17, 15) is 18.0 Å². The van der Waals surface area contributed by atoms with Crippen LogP contribution in [0.15, 0.2) is 16.6 Å². The molecule has 0 amide bonds. The number of rotatable bonds is 1. The molecule has 0 bridgehead atoms. The first kappa shape index (κ1) is 11.2. The molecular weight excluding hydrogens is 267 g/mol. The van der Waals surface area contributed by atoms with Gasteiger partial charge in [-0.3, -0.25) is 4.99 Å². The highest BCUT2D eigenvalue weighted by atomic mass is 79.9. The molecule has 0 radical (unpaired) electrons. The molecule has 0 aromatic heterocycles. The highest BCUT2D eigenvalue weighted by molar-refractivity contribution is 9.09. The fourth-order valence-corrected chi connectivity index (χ4v) is 1.40. The van der Waals surface area contributed by atoms with Gasteiger partial charge in [0.05, 0.1) is 16.9 Å². The number of carboxylic acid groups (broad SMARTS) is 1. The third-order valence-corrected chi connectivity index (χ3v) is 2.08. The molecule has 7 heteroatoms. The predicted molar refractivity (Wildman–Crippen MR) is 46.8 cm³/mol. The largest absolute Gasteiger partial charge is 0.478 e. The highest BCUT2D eigenvalue weighted by Crippen LogP contribution is 2.26. The standard InChI is InChI=1S/C7H5BrF3NO2/c8-3-1-4(6(13)14)5(12-2-3)7(9,10)11/h1,3H,2H2,(H,13,14). The molecule has 0 aromatic rings. The minimum absolute atomic E-state index is 0.106. The van der Waals surface area contributed by atoms with E-state index in [2.05, 4.69) is 20.9 Å². The summed E-state index contributed by atoms with van der Waals surface area (Å²) in [5.74, 6) is -1.62. The highest BCUT2D eigenvalue weighted by Gasteiger charge is 2.41. The van der Waals surface area contributed by atoms with Gasteiger partial charge in [0.25, 0.3) is 0 Å². The Hall–Kier alpha value is -0.850. The molecule has 1 aliphatic heterocycles. The second-order valence-electron chi connectivity index (χ2n) is 2.59. The van der Waals surface area contributed by atoms with Crippen molar-refractivity contribution in [3.05, 3.63) is 11.6 Å². The minimum atomic E-state index is -4.71. The Bertz CT molecular complexity index is 321. The number of dihydropyridines is 1. The maximum atomic E-state index is 12.2. The monoisotopic (exact) mass is 271 g/mol. The van der Waals surface area contributed by atoms with Crippen molar-refractivity contribution in [1.82, 2.24) is 0 Å². The van der Waals surface area contributed by atoms with Crippen LogP contribution < -0.4 is 0 Å². The molecule has 0 fully saturated rings. The normalized spacial score (nSPS) is 22.7. The van der Waals surface area contributed by atoms with E-state index in [1.54, 1.807) is 0 Å². The number of hydrogen-bond acceptors (Lipinski definition) is 2. The average Bonchev–Trinajstić information content (AvgIpc) is 2.01. The molecule has 0 spiro atoms. The Kier molecular flexibility index (Phi) is 2.98. The molecule has 1 N–H and O–H groups in total. The van der Waals surface area contributed by atoms with E-state index < -0.39 is 28.3 Å². The number of alkyl halides is 4. The van der Waals surface area contributed by atoms with Crippen LogP contribution >= 0.6 is 15.9 Å². The summed E-state index contributed by atoms with van der Waals surface area (Å²) in [5, 5.41) is 8.52. The third-order valence-electron chi connectivity index (χ3n) is 1.53. The number of nitrogens with zero attached hydrogens (tertiary/aromatic N) is 1. The van der Waals surface area contributed by atoms with Crippen LogP contribution in [-0.2, 0) is 4.79 Å². The van der Waals surface area contributed by atoms with Crippen LogP contribution in [0.5, 0.6) is 0 Å². The van der Waals surface area contributed by atoms with E-state index in [1.165, 1.54) is 0 Å². The van der Waals surface area contributed by atoms with Gasteiger partial charge in [0.15, 0.2) is 5.71 Å². The van der Waals surface area contributed by atoms with Gasteiger partial charge in [-0.15, -0.1) is 0 Å². The van der Waals surface area contributed by atoms with Gasteiger partial charge in [-0.2, -0.15) is 13.2 Å². The molecule has 0 saturated heterocycles. The lowest BCUT2D eigenvalue weighted by Crippen LogP contribution is -2.32. The van der Waals surface area contributed by atoms with E-state index in [0.717, 1.165) is 6.08 Å². The van der Waals surface area contributed by atoms with Gasteiger partial charge in [0.2, 0.25) is 0 Å². The zero-order valence-corrected chi connectivity index (χ0v) is 8.26. The minimum Gasteiger partial charge on any atom is -0.478 e. The van der Waals surface area contributed by atoms with Crippen LogP contribution in [0, 0.1) is 0 Å². The fraction of sp³-hybridized carbons (Fsp3) is 0.429. The second-order valence-corrected chi connectivity index (χ2v) is 3.76. The summed E-state index contributed by atoms with van der Waals surface area (Å²) in [6.07, 6.45) is -3.71. The van der Waals surface area contributed by atoms with E-state index in [4.69, 9.17) is 5.11 Å². The van der Waals surface area contributed by atoms with Gasteiger partial charge in [-0.05, 0) is 0 Å². The Balaban J connectivity index is 3.08. The van der Waals surface area contributed by atoms with Crippen LogP contribution in [0.1, 0.15) is 0 Å². The van der Waals surface area contributed by atoms with Crippen LogP contribution in [-0.4, -0.2) is 34.3 Å². The van der Waals surface area contributed by atoms with Crippen molar-refractivity contribution in [1.29, 1.82) is 0 Å². The number of aliphatic carboxylic acids is 1. The first-order valence-electron chi connectivity index (χ1n) is 3.53. The van der Waals surface area contributed by atoms with E-state index >= 15 is 0 Å². The van der Waals surface area contributed by atoms with Crippen molar-refractivity contribution in [3.8, 4) is 0 Å². The Labute approximate surface area is 85.4 Å². The van der Waals surface area contributed by atoms with Crippen LogP contribution in [0.3, 0.4) is 0 Å². The van der Waals surface area contributed by atoms with E-state index in [-0.39, 0.29) is 6.54 Å². The van der Waals surface area contributed by atoms with Crippen molar-refractivity contribution in [2.45, 2.75) is 11.0 Å². The Morgan fingerprint density at radius 3 is 2.64 bits per heavy atom. The molecule has 1 unspecified atom stereocenters. The number of hydrogen-bond donors (Lipinski definition) is 1. The van der Waals surface area contributed by atoms with Crippen LogP contribution in [0.25, 0.3) is 0 Å². The van der Waals surface area contributed by atoms with Crippen LogP contribution in [0.2, 0.25) is 0 Å². The summed E-state index contributed by atoms with van der Waals surface area (Å²) in [5.41, 5.74) is -2.12. The molecular formula is C7H5BrF3NO2. The molecule has 1 rings (SSSR count). The predicted octanol–water partition coefficient (Wildman–Crippen LogP) is 1.78. The summed E-state index contributed by atoms with van der Waals surface area (Å²) >= 11 is 2.98. The summed E-state index contributed by atoms with van der Waals surface area (Å²) in [6.45, 7) is -0.106. The van der Waals surface area contributed by atoms with Gasteiger partial charge in [-0.25, -0.2) is 4.79 Å². The zero-order chi connectivity index (χ0) is 10.9. The van der Waals surface area contributed by atoms with E-state index in [0.29, 0.717) is 0 Å². The Morgan fingerprint density at radius 1 is 1.64 bits per heavy atom. The summed E-state index contributed by atoms with van der Waals surface area (Å²) in [7, 11) is 0. The van der Waals surface area contributed by atoms with Crippen molar-refractivity contribution < 1.29 is 23.1 Å². The van der Waals surface area contributed by atoms with Gasteiger partial charge < -0.3 is 5.11 Å². The summed E-state index contributed by atoms with van der Waals surface area (Å²) < 4.78 is 36.7. The zero-order valence-electron chi connectivity index (χ0n) is 6.68. The molecule has 0 aliphatic carbocycles. The fourth-order valence-electron chi connectivity index (χ4n) is 0.991. The van der Waals surface area contributed by atoms with Crippen LogP contribution in [0.4, 0.5) is 13.2 Å². The molecule has 14 heavy (non-hydrogen) atoms. The first-order chi connectivity index (χ1) is 6.32. The molecule has 0 saturated carbocycles. The number of halogens is 4. The van der Waals surface area contributed by atoms with Gasteiger partial charge in [-0.1, -0.05) is 22.0 Å². The lowest BCUT2D eigenvalue weighted by molar-refractivity contribution is -0.132. The first-order valence-corrected chi connectivity index (χ1v) is 4.45. The number of carboxylic acids is 1. The summed E-state index contributed by atoms with van der Waals surface area (Å²) in [4.78, 5) is 13.2. The maximum absolute atomic E-state index is 12.2. The average molecular weight is 272 g/mol. The molecule has 0 aromatic carbocycles. The SMILES string of the molecule is O=C(O)C1=CC(Br)CN=C1C(F)(F)F. The van der Waals surface area contributed by atoms with Crippen molar-refractivity contribution in [3.63, 3.8) is 0 Å². The molecule has 1 aliphatic rings. The molecule has 3 nitrogen and oxygen atoms in total. The topological polar surface area (TPSA) is 49.7 Å². The molecule has 1 atom stereocenters. The lowest BCUT2D eigenvalue weighted by Gasteiger charge is -2.16. The third kappa shape index (κ3) is 2.34. The Morgan fingerprint density at radius 2 is 2.21 bits per heavy atom. The quantitative estimate of drug-likeness (QED) is 0.739. The van der Waals surface area contributed by atoms with Gasteiger partial charge in [0.1, 0.15) is 0 Å². The second kappa shape index (κ2) is 3.72. The molecule has 1 heterocycles. The summed E-state index contributed by atoms with van der Waals surface area (Å²) in [6, 6.07) is 0. The van der Waals surface area contributed by atoms with Crippen molar-refractivity contribution in [2.24, 2.45) is 4.99 Å².